The van der Waals surface area contributed by atoms with Gasteiger partial charge in [-0.05, 0) is 74.4 Å². The van der Waals surface area contributed by atoms with Crippen molar-refractivity contribution in [1.82, 2.24) is 5.32 Å². The van der Waals surface area contributed by atoms with Crippen LogP contribution in [0, 0.1) is 0 Å². The fraction of sp³-hybridized carbons (Fsp3) is 0.300. The second kappa shape index (κ2) is 10.4. The fourth-order valence-electron chi connectivity index (χ4n) is 2.46. The highest BCUT2D eigenvalue weighted by molar-refractivity contribution is 7.80. The Morgan fingerprint density at radius 2 is 1.70 bits per heavy atom. The minimum absolute atomic E-state index is 0.455. The number of hydrogen-bond acceptors (Lipinski definition) is 4. The molecule has 0 aliphatic carbocycles. The number of amides is 1. The molecule has 2 rings (SSSR count). The van der Waals surface area contributed by atoms with E-state index in [1.807, 2.05) is 32.0 Å². The SMILES string of the molecule is CCOc1ccc(CCNC(=S)Nc2ccc(C(N)=O)cc2)cc1OCC. The van der Waals surface area contributed by atoms with Gasteiger partial charge in [0.25, 0.3) is 0 Å². The van der Waals surface area contributed by atoms with E-state index in [1.165, 1.54) is 0 Å². The molecule has 0 saturated heterocycles. The number of nitrogens with one attached hydrogen (secondary N) is 2. The fourth-order valence-corrected chi connectivity index (χ4v) is 2.68. The third kappa shape index (κ3) is 6.45. The molecular formula is C20H25N3O3S. The van der Waals surface area contributed by atoms with E-state index in [4.69, 9.17) is 27.4 Å². The smallest absolute Gasteiger partial charge is 0.248 e. The van der Waals surface area contributed by atoms with Crippen LogP contribution < -0.4 is 25.8 Å². The van der Waals surface area contributed by atoms with E-state index in [-0.39, 0.29) is 0 Å². The van der Waals surface area contributed by atoms with Crippen molar-refractivity contribution in [2.75, 3.05) is 25.1 Å². The molecule has 0 aromatic heterocycles. The van der Waals surface area contributed by atoms with E-state index in [0.29, 0.717) is 30.4 Å². The number of hydrogen-bond donors (Lipinski definition) is 3. The average molecular weight is 388 g/mol. The molecule has 0 saturated carbocycles. The van der Waals surface area contributed by atoms with E-state index in [9.17, 15) is 4.79 Å². The van der Waals surface area contributed by atoms with Gasteiger partial charge >= 0.3 is 0 Å². The number of ether oxygens (including phenoxy) is 2. The quantitative estimate of drug-likeness (QED) is 0.573. The topological polar surface area (TPSA) is 85.6 Å². The largest absolute Gasteiger partial charge is 0.490 e. The normalized spacial score (nSPS) is 10.1. The lowest BCUT2D eigenvalue weighted by Gasteiger charge is -2.13. The number of carbonyl (C=O) groups is 1. The summed E-state index contributed by atoms with van der Waals surface area (Å²) in [6, 6.07) is 12.8. The van der Waals surface area contributed by atoms with Gasteiger partial charge in [0.15, 0.2) is 16.6 Å². The van der Waals surface area contributed by atoms with Crippen LogP contribution in [-0.2, 0) is 6.42 Å². The van der Waals surface area contributed by atoms with Crippen molar-refractivity contribution in [3.63, 3.8) is 0 Å². The zero-order valence-electron chi connectivity index (χ0n) is 15.6. The minimum atomic E-state index is -0.455. The first-order valence-electron chi connectivity index (χ1n) is 8.86. The molecule has 2 aromatic carbocycles. The maximum Gasteiger partial charge on any atom is 0.248 e. The Kier molecular flexibility index (Phi) is 7.88. The molecule has 0 fully saturated rings. The standard InChI is InChI=1S/C20H25N3O3S/c1-3-25-17-10-5-14(13-18(17)26-4-2)11-12-22-20(27)23-16-8-6-15(7-9-16)19(21)24/h5-10,13H,3-4,11-12H2,1-2H3,(H2,21,24)(H2,22,23,27). The summed E-state index contributed by atoms with van der Waals surface area (Å²) in [6.45, 7) is 5.75. The predicted molar refractivity (Wildman–Crippen MR) is 112 cm³/mol. The van der Waals surface area contributed by atoms with Crippen LogP contribution in [0.25, 0.3) is 0 Å². The molecule has 4 N–H and O–H groups in total. The van der Waals surface area contributed by atoms with Crippen LogP contribution in [0.5, 0.6) is 11.5 Å². The molecule has 0 aliphatic heterocycles. The molecule has 0 atom stereocenters. The first-order valence-corrected chi connectivity index (χ1v) is 9.27. The van der Waals surface area contributed by atoms with Gasteiger partial charge in [0.1, 0.15) is 0 Å². The number of anilines is 1. The van der Waals surface area contributed by atoms with Crippen LogP contribution >= 0.6 is 12.2 Å². The van der Waals surface area contributed by atoms with Crippen molar-refractivity contribution in [3.8, 4) is 11.5 Å². The number of thiocarbonyl (C=S) groups is 1. The highest BCUT2D eigenvalue weighted by Crippen LogP contribution is 2.28. The summed E-state index contributed by atoms with van der Waals surface area (Å²) in [5.41, 5.74) is 7.60. The number of rotatable bonds is 9. The maximum absolute atomic E-state index is 11.1. The van der Waals surface area contributed by atoms with Crippen molar-refractivity contribution >= 4 is 28.9 Å². The van der Waals surface area contributed by atoms with Gasteiger partial charge in [-0.3, -0.25) is 4.79 Å². The van der Waals surface area contributed by atoms with Crippen molar-refractivity contribution in [2.45, 2.75) is 20.3 Å². The van der Waals surface area contributed by atoms with Crippen LogP contribution in [-0.4, -0.2) is 30.8 Å². The van der Waals surface area contributed by atoms with Gasteiger partial charge in [0, 0.05) is 17.8 Å². The lowest BCUT2D eigenvalue weighted by molar-refractivity contribution is 0.100. The van der Waals surface area contributed by atoms with Crippen molar-refractivity contribution in [1.29, 1.82) is 0 Å². The maximum atomic E-state index is 11.1. The van der Waals surface area contributed by atoms with Crippen LogP contribution in [0.1, 0.15) is 29.8 Å². The summed E-state index contributed by atoms with van der Waals surface area (Å²) in [7, 11) is 0. The molecule has 0 radical (unpaired) electrons. The highest BCUT2D eigenvalue weighted by Gasteiger charge is 2.06. The third-order valence-electron chi connectivity index (χ3n) is 3.73. The number of carbonyl (C=O) groups excluding carboxylic acids is 1. The van der Waals surface area contributed by atoms with Gasteiger partial charge in [-0.15, -0.1) is 0 Å². The van der Waals surface area contributed by atoms with Gasteiger partial charge < -0.3 is 25.8 Å². The molecular weight excluding hydrogens is 362 g/mol. The van der Waals surface area contributed by atoms with Crippen LogP contribution in [0.3, 0.4) is 0 Å². The van der Waals surface area contributed by atoms with Gasteiger partial charge in [0.2, 0.25) is 5.91 Å². The Labute approximate surface area is 165 Å². The Balaban J connectivity index is 1.85. The lowest BCUT2D eigenvalue weighted by Crippen LogP contribution is -2.30. The van der Waals surface area contributed by atoms with Gasteiger partial charge in [-0.25, -0.2) is 0 Å². The lowest BCUT2D eigenvalue weighted by atomic mass is 10.1. The van der Waals surface area contributed by atoms with Crippen LogP contribution in [0.4, 0.5) is 5.69 Å². The summed E-state index contributed by atoms with van der Waals surface area (Å²) >= 11 is 5.30. The molecule has 144 valence electrons. The molecule has 1 amide bonds. The average Bonchev–Trinajstić information content (AvgIpc) is 2.64. The Morgan fingerprint density at radius 1 is 1.04 bits per heavy atom. The number of benzene rings is 2. The van der Waals surface area contributed by atoms with Gasteiger partial charge in [-0.1, -0.05) is 6.07 Å². The number of primary amides is 1. The van der Waals surface area contributed by atoms with E-state index in [2.05, 4.69) is 10.6 Å². The van der Waals surface area contributed by atoms with E-state index in [1.54, 1.807) is 24.3 Å². The molecule has 0 heterocycles. The summed E-state index contributed by atoms with van der Waals surface area (Å²) in [4.78, 5) is 11.1. The van der Waals surface area contributed by atoms with E-state index in [0.717, 1.165) is 29.2 Å². The third-order valence-corrected chi connectivity index (χ3v) is 3.98. The Hall–Kier alpha value is -2.80. The predicted octanol–water partition coefficient (Wildman–Crippen LogP) is 3.11. The van der Waals surface area contributed by atoms with Crippen LogP contribution in [0.15, 0.2) is 42.5 Å². The molecule has 6 nitrogen and oxygen atoms in total. The summed E-state index contributed by atoms with van der Waals surface area (Å²) < 4.78 is 11.2. The molecule has 0 unspecified atom stereocenters. The Bertz CT molecular complexity index is 779. The molecule has 27 heavy (non-hydrogen) atoms. The highest BCUT2D eigenvalue weighted by atomic mass is 32.1. The molecule has 2 aromatic rings. The summed E-state index contributed by atoms with van der Waals surface area (Å²) in [6.07, 6.45) is 0.787. The second-order valence-electron chi connectivity index (χ2n) is 5.72. The summed E-state index contributed by atoms with van der Waals surface area (Å²) in [5.74, 6) is 1.06. The minimum Gasteiger partial charge on any atom is -0.490 e. The second-order valence-corrected chi connectivity index (χ2v) is 6.13. The van der Waals surface area contributed by atoms with Gasteiger partial charge in [0.05, 0.1) is 13.2 Å². The number of nitrogens with two attached hydrogens (primary N) is 1. The Morgan fingerprint density at radius 3 is 2.33 bits per heavy atom. The molecule has 7 heteroatoms. The summed E-state index contributed by atoms with van der Waals surface area (Å²) in [5, 5.41) is 6.75. The monoisotopic (exact) mass is 387 g/mol. The molecule has 0 bridgehead atoms. The van der Waals surface area contributed by atoms with E-state index >= 15 is 0 Å². The zero-order chi connectivity index (χ0) is 19.6. The zero-order valence-corrected chi connectivity index (χ0v) is 16.4. The first-order chi connectivity index (χ1) is 13.0. The van der Waals surface area contributed by atoms with E-state index < -0.39 is 5.91 Å². The van der Waals surface area contributed by atoms with Crippen molar-refractivity contribution in [2.24, 2.45) is 5.73 Å². The molecule has 0 aliphatic rings. The first kappa shape index (κ1) is 20.5. The van der Waals surface area contributed by atoms with Crippen molar-refractivity contribution in [3.05, 3.63) is 53.6 Å². The molecule has 0 spiro atoms. The van der Waals surface area contributed by atoms with Gasteiger partial charge in [-0.2, -0.15) is 0 Å². The van der Waals surface area contributed by atoms with Crippen LogP contribution in [0.2, 0.25) is 0 Å². The van der Waals surface area contributed by atoms with Crippen molar-refractivity contribution < 1.29 is 14.3 Å².